The average Bonchev–Trinajstić information content (AvgIpc) is 2.55. The van der Waals surface area contributed by atoms with Gasteiger partial charge in [-0.05, 0) is 55.7 Å². The lowest BCUT2D eigenvalue weighted by Gasteiger charge is -2.12. The zero-order chi connectivity index (χ0) is 19.3. The van der Waals surface area contributed by atoms with E-state index in [0.29, 0.717) is 13.0 Å². The van der Waals surface area contributed by atoms with Gasteiger partial charge in [0, 0.05) is 6.42 Å². The van der Waals surface area contributed by atoms with Crippen LogP contribution in [0.15, 0.2) is 36.4 Å². The molecule has 3 nitrogen and oxygen atoms in total. The number of alkyl halides is 3. The predicted octanol–water partition coefficient (Wildman–Crippen LogP) is 5.77. The summed E-state index contributed by atoms with van der Waals surface area (Å²) in [7, 11) is 0. The SMILES string of the molecule is Cc1ccc(C)c(OCCCC(=O)Nc2cc(C(F)(F)F)ccc2Cl)c1. The topological polar surface area (TPSA) is 38.3 Å². The normalized spacial score (nSPS) is 11.3. The standard InChI is InChI=1S/C19H19ClF3NO2/c1-12-5-6-13(2)17(10-12)26-9-3-4-18(25)24-16-11-14(19(21,22)23)7-8-15(16)20/h5-8,10-11H,3-4,9H2,1-2H3,(H,24,25). The van der Waals surface area contributed by atoms with Crippen molar-refractivity contribution in [2.24, 2.45) is 0 Å². The van der Waals surface area contributed by atoms with E-state index < -0.39 is 17.6 Å². The molecule has 0 unspecified atom stereocenters. The van der Waals surface area contributed by atoms with Crippen molar-refractivity contribution in [1.29, 1.82) is 0 Å². The second-order valence-corrected chi connectivity index (χ2v) is 6.37. The molecule has 0 aliphatic rings. The van der Waals surface area contributed by atoms with E-state index in [9.17, 15) is 18.0 Å². The number of carbonyl (C=O) groups is 1. The molecular weight excluding hydrogens is 367 g/mol. The van der Waals surface area contributed by atoms with Crippen LogP contribution in [0.5, 0.6) is 5.75 Å². The highest BCUT2D eigenvalue weighted by Gasteiger charge is 2.31. The Balaban J connectivity index is 1.86. The second kappa shape index (κ2) is 8.45. The molecule has 0 aromatic heterocycles. The maximum absolute atomic E-state index is 12.7. The minimum atomic E-state index is -4.50. The summed E-state index contributed by atoms with van der Waals surface area (Å²) in [5.41, 5.74) is 1.15. The van der Waals surface area contributed by atoms with Gasteiger partial charge in [0.15, 0.2) is 0 Å². The first kappa shape index (κ1) is 20.1. The van der Waals surface area contributed by atoms with Crippen molar-refractivity contribution in [2.45, 2.75) is 32.9 Å². The Bertz CT molecular complexity index is 791. The van der Waals surface area contributed by atoms with Crippen LogP contribution in [0, 0.1) is 13.8 Å². The van der Waals surface area contributed by atoms with Crippen LogP contribution in [-0.4, -0.2) is 12.5 Å². The third kappa shape index (κ3) is 5.66. The number of hydrogen-bond acceptors (Lipinski definition) is 2. The van der Waals surface area contributed by atoms with E-state index in [1.165, 1.54) is 0 Å². The van der Waals surface area contributed by atoms with Crippen LogP contribution in [-0.2, 0) is 11.0 Å². The number of aryl methyl sites for hydroxylation is 2. The predicted molar refractivity (Wildman–Crippen MR) is 95.7 cm³/mol. The number of nitrogens with one attached hydrogen (secondary N) is 1. The lowest BCUT2D eigenvalue weighted by Crippen LogP contribution is -2.14. The largest absolute Gasteiger partial charge is 0.493 e. The molecule has 26 heavy (non-hydrogen) atoms. The molecule has 1 N–H and O–H groups in total. The number of anilines is 1. The molecule has 0 fully saturated rings. The van der Waals surface area contributed by atoms with Gasteiger partial charge in [-0.15, -0.1) is 0 Å². The van der Waals surface area contributed by atoms with Crippen LogP contribution in [0.3, 0.4) is 0 Å². The van der Waals surface area contributed by atoms with E-state index in [2.05, 4.69) is 5.32 Å². The van der Waals surface area contributed by atoms with Gasteiger partial charge in [0.25, 0.3) is 0 Å². The molecule has 0 atom stereocenters. The first-order valence-corrected chi connectivity index (χ1v) is 8.41. The van der Waals surface area contributed by atoms with Gasteiger partial charge in [0.1, 0.15) is 5.75 Å². The van der Waals surface area contributed by atoms with Crippen molar-refractivity contribution in [3.63, 3.8) is 0 Å². The van der Waals surface area contributed by atoms with Gasteiger partial charge < -0.3 is 10.1 Å². The summed E-state index contributed by atoms with van der Waals surface area (Å²) in [4.78, 5) is 12.0. The van der Waals surface area contributed by atoms with Gasteiger partial charge in [-0.25, -0.2) is 0 Å². The Kier molecular flexibility index (Phi) is 6.53. The molecule has 0 aliphatic carbocycles. The Hall–Kier alpha value is -2.21. The van der Waals surface area contributed by atoms with Gasteiger partial charge in [-0.3, -0.25) is 4.79 Å². The summed E-state index contributed by atoms with van der Waals surface area (Å²) in [5, 5.41) is 2.47. The Morgan fingerprint density at radius 2 is 1.88 bits per heavy atom. The van der Waals surface area contributed by atoms with Gasteiger partial charge in [-0.1, -0.05) is 23.7 Å². The van der Waals surface area contributed by atoms with E-state index in [4.69, 9.17) is 16.3 Å². The van der Waals surface area contributed by atoms with Crippen molar-refractivity contribution in [3.8, 4) is 5.75 Å². The van der Waals surface area contributed by atoms with E-state index >= 15 is 0 Å². The fourth-order valence-corrected chi connectivity index (χ4v) is 2.45. The third-order valence-electron chi connectivity index (χ3n) is 3.72. The van der Waals surface area contributed by atoms with Crippen molar-refractivity contribution in [2.75, 3.05) is 11.9 Å². The zero-order valence-corrected chi connectivity index (χ0v) is 15.2. The van der Waals surface area contributed by atoms with Crippen molar-refractivity contribution in [3.05, 3.63) is 58.1 Å². The molecule has 7 heteroatoms. The highest BCUT2D eigenvalue weighted by molar-refractivity contribution is 6.33. The molecule has 0 bridgehead atoms. The molecule has 0 saturated carbocycles. The van der Waals surface area contributed by atoms with Gasteiger partial charge in [-0.2, -0.15) is 13.2 Å². The van der Waals surface area contributed by atoms with Crippen LogP contribution in [0.4, 0.5) is 18.9 Å². The molecule has 0 radical (unpaired) electrons. The first-order chi connectivity index (χ1) is 12.2. The Labute approximate surface area is 155 Å². The minimum absolute atomic E-state index is 0.0537. The molecule has 2 aromatic rings. The van der Waals surface area contributed by atoms with Crippen molar-refractivity contribution in [1.82, 2.24) is 0 Å². The monoisotopic (exact) mass is 385 g/mol. The maximum atomic E-state index is 12.7. The first-order valence-electron chi connectivity index (χ1n) is 8.03. The summed E-state index contributed by atoms with van der Waals surface area (Å²) in [5.74, 6) is 0.335. The van der Waals surface area contributed by atoms with Crippen LogP contribution in [0.1, 0.15) is 29.5 Å². The Morgan fingerprint density at radius 3 is 2.58 bits per heavy atom. The molecular formula is C19H19ClF3NO2. The van der Waals surface area contributed by atoms with Crippen LogP contribution >= 0.6 is 11.6 Å². The van der Waals surface area contributed by atoms with Crippen LogP contribution < -0.4 is 10.1 Å². The summed E-state index contributed by atoms with van der Waals surface area (Å²) in [6, 6.07) is 8.66. The zero-order valence-electron chi connectivity index (χ0n) is 14.4. The van der Waals surface area contributed by atoms with Gasteiger partial charge >= 0.3 is 6.18 Å². The summed E-state index contributed by atoms with van der Waals surface area (Å²) >= 11 is 5.86. The number of hydrogen-bond donors (Lipinski definition) is 1. The molecule has 0 aliphatic heterocycles. The van der Waals surface area contributed by atoms with E-state index in [1.54, 1.807) is 0 Å². The van der Waals surface area contributed by atoms with Gasteiger partial charge in [0.05, 0.1) is 22.9 Å². The molecule has 0 spiro atoms. The van der Waals surface area contributed by atoms with Crippen molar-refractivity contribution < 1.29 is 22.7 Å². The number of carbonyl (C=O) groups excluding carboxylic acids is 1. The molecule has 0 saturated heterocycles. The Morgan fingerprint density at radius 1 is 1.15 bits per heavy atom. The minimum Gasteiger partial charge on any atom is -0.493 e. The van der Waals surface area contributed by atoms with E-state index in [-0.39, 0.29) is 17.1 Å². The number of benzene rings is 2. The maximum Gasteiger partial charge on any atom is 0.416 e. The number of rotatable bonds is 6. The highest BCUT2D eigenvalue weighted by Crippen LogP contribution is 2.33. The number of amides is 1. The molecule has 0 heterocycles. The molecule has 1 amide bonds. The third-order valence-corrected chi connectivity index (χ3v) is 4.05. The number of ether oxygens (including phenoxy) is 1. The fourth-order valence-electron chi connectivity index (χ4n) is 2.29. The van der Waals surface area contributed by atoms with E-state index in [0.717, 1.165) is 35.1 Å². The van der Waals surface area contributed by atoms with Crippen LogP contribution in [0.25, 0.3) is 0 Å². The van der Waals surface area contributed by atoms with Gasteiger partial charge in [0.2, 0.25) is 5.91 Å². The quantitative estimate of drug-likeness (QED) is 0.641. The fraction of sp³-hybridized carbons (Fsp3) is 0.316. The lowest BCUT2D eigenvalue weighted by molar-refractivity contribution is -0.137. The number of halogens is 4. The second-order valence-electron chi connectivity index (χ2n) is 5.96. The lowest BCUT2D eigenvalue weighted by atomic mass is 10.1. The molecule has 2 aromatic carbocycles. The van der Waals surface area contributed by atoms with Crippen molar-refractivity contribution >= 4 is 23.2 Å². The molecule has 2 rings (SSSR count). The molecule has 140 valence electrons. The summed E-state index contributed by atoms with van der Waals surface area (Å²) in [6.07, 6.45) is -3.96. The van der Waals surface area contributed by atoms with Crippen LogP contribution in [0.2, 0.25) is 5.02 Å². The highest BCUT2D eigenvalue weighted by atomic mass is 35.5. The summed E-state index contributed by atoms with van der Waals surface area (Å²) in [6.45, 7) is 4.21. The van der Waals surface area contributed by atoms with E-state index in [1.807, 2.05) is 32.0 Å². The summed E-state index contributed by atoms with van der Waals surface area (Å²) < 4.78 is 43.9. The smallest absolute Gasteiger partial charge is 0.416 e. The average molecular weight is 386 g/mol.